The fraction of sp³-hybridized carbons (Fsp3) is 0.407. The summed E-state index contributed by atoms with van der Waals surface area (Å²) in [4.78, 5) is 19.8. The van der Waals surface area contributed by atoms with Gasteiger partial charge < -0.3 is 14.7 Å². The van der Waals surface area contributed by atoms with Crippen LogP contribution in [0.5, 0.6) is 5.75 Å². The maximum Gasteiger partial charge on any atom is 0.308 e. The van der Waals surface area contributed by atoms with E-state index in [9.17, 15) is 9.90 Å². The van der Waals surface area contributed by atoms with E-state index in [1.165, 1.54) is 11.1 Å². The van der Waals surface area contributed by atoms with Crippen LogP contribution in [0, 0.1) is 11.8 Å². The molecular formula is C27H30ClFN2O3S. The molecule has 3 aromatic rings. The molecule has 1 aliphatic rings. The SMILES string of the molecule is COc1ccc2ncc(Cl)c(C(F)CCC3CCN(CCSc4ccccc4)CC3C(=O)O)c2c1. The summed E-state index contributed by atoms with van der Waals surface area (Å²) in [5.74, 6) is 0.152. The van der Waals surface area contributed by atoms with Gasteiger partial charge in [0.25, 0.3) is 0 Å². The van der Waals surface area contributed by atoms with Crippen molar-refractivity contribution in [3.05, 3.63) is 65.3 Å². The first-order valence-corrected chi connectivity index (χ1v) is 13.2. The van der Waals surface area contributed by atoms with Gasteiger partial charge in [0.2, 0.25) is 0 Å². The summed E-state index contributed by atoms with van der Waals surface area (Å²) in [5, 5.41) is 10.8. The Kier molecular flexibility index (Phi) is 8.87. The largest absolute Gasteiger partial charge is 0.497 e. The number of hydrogen-bond donors (Lipinski definition) is 1. The minimum atomic E-state index is -1.31. The number of fused-ring (bicyclic) bond motifs is 1. The number of benzene rings is 2. The molecule has 0 amide bonds. The summed E-state index contributed by atoms with van der Waals surface area (Å²) >= 11 is 8.14. The summed E-state index contributed by atoms with van der Waals surface area (Å²) in [6.07, 6.45) is 1.63. The lowest BCUT2D eigenvalue weighted by molar-refractivity contribution is -0.146. The number of pyridine rings is 1. The molecule has 2 aromatic carbocycles. The van der Waals surface area contributed by atoms with E-state index in [1.54, 1.807) is 37.1 Å². The van der Waals surface area contributed by atoms with Crippen molar-refractivity contribution in [3.63, 3.8) is 0 Å². The van der Waals surface area contributed by atoms with E-state index in [2.05, 4.69) is 22.0 Å². The van der Waals surface area contributed by atoms with Gasteiger partial charge >= 0.3 is 5.97 Å². The third-order valence-corrected chi connectivity index (χ3v) is 8.04. The van der Waals surface area contributed by atoms with Crippen LogP contribution in [0.3, 0.4) is 0 Å². The molecular weight excluding hydrogens is 487 g/mol. The standard InChI is InChI=1S/C27H30ClFN2O3S/c1-34-19-8-10-25-21(15-19)26(23(28)16-30-25)24(29)9-7-18-11-12-31(17-22(18)27(32)33)13-14-35-20-5-3-2-4-6-20/h2-6,8,10,15-16,18,22,24H,7,9,11-14,17H2,1H3,(H,32,33). The molecule has 1 aliphatic heterocycles. The zero-order chi connectivity index (χ0) is 24.8. The van der Waals surface area contributed by atoms with Gasteiger partial charge in [-0.15, -0.1) is 11.8 Å². The van der Waals surface area contributed by atoms with Crippen molar-refractivity contribution in [1.29, 1.82) is 0 Å². The van der Waals surface area contributed by atoms with E-state index in [-0.39, 0.29) is 17.4 Å². The number of likely N-dealkylation sites (tertiary alicyclic amines) is 1. The van der Waals surface area contributed by atoms with Crippen molar-refractivity contribution < 1.29 is 19.0 Å². The molecule has 3 unspecified atom stereocenters. The minimum absolute atomic E-state index is 0.0646. The highest BCUT2D eigenvalue weighted by molar-refractivity contribution is 7.99. The molecule has 2 heterocycles. The van der Waals surface area contributed by atoms with Crippen LogP contribution in [0.2, 0.25) is 5.02 Å². The first-order valence-electron chi connectivity index (χ1n) is 11.9. The molecule has 5 nitrogen and oxygen atoms in total. The van der Waals surface area contributed by atoms with Crippen molar-refractivity contribution in [1.82, 2.24) is 9.88 Å². The lowest BCUT2D eigenvalue weighted by Gasteiger charge is -2.36. The summed E-state index contributed by atoms with van der Waals surface area (Å²) in [6, 6.07) is 15.5. The Morgan fingerprint density at radius 1 is 1.31 bits per heavy atom. The Balaban J connectivity index is 1.37. The Hall–Kier alpha value is -2.35. The van der Waals surface area contributed by atoms with Gasteiger partial charge in [-0.05, 0) is 62.1 Å². The van der Waals surface area contributed by atoms with Crippen LogP contribution in [0.4, 0.5) is 4.39 Å². The van der Waals surface area contributed by atoms with Crippen LogP contribution in [-0.2, 0) is 4.79 Å². The van der Waals surface area contributed by atoms with E-state index in [4.69, 9.17) is 16.3 Å². The highest BCUT2D eigenvalue weighted by Crippen LogP contribution is 2.38. The molecule has 1 saturated heterocycles. The van der Waals surface area contributed by atoms with Crippen molar-refractivity contribution in [2.45, 2.75) is 30.3 Å². The molecule has 186 valence electrons. The number of aromatic nitrogens is 1. The van der Waals surface area contributed by atoms with Crippen LogP contribution < -0.4 is 4.74 Å². The predicted molar refractivity (Wildman–Crippen MR) is 139 cm³/mol. The Labute approximate surface area is 214 Å². The number of carbonyl (C=O) groups is 1. The Morgan fingerprint density at radius 3 is 2.86 bits per heavy atom. The molecule has 1 N–H and O–H groups in total. The molecule has 0 spiro atoms. The van der Waals surface area contributed by atoms with Crippen LogP contribution in [0.1, 0.15) is 31.0 Å². The first-order chi connectivity index (χ1) is 17.0. The molecule has 35 heavy (non-hydrogen) atoms. The number of alkyl halides is 1. The fourth-order valence-corrected chi connectivity index (χ4v) is 6.03. The second-order valence-corrected chi connectivity index (χ2v) is 10.5. The summed E-state index contributed by atoms with van der Waals surface area (Å²) < 4.78 is 20.8. The number of methoxy groups -OCH3 is 1. The van der Waals surface area contributed by atoms with E-state index < -0.39 is 18.1 Å². The number of carboxylic acid groups (broad SMARTS) is 1. The fourth-order valence-electron chi connectivity index (χ4n) is 4.82. The quantitative estimate of drug-likeness (QED) is 0.310. The smallest absolute Gasteiger partial charge is 0.308 e. The molecule has 1 fully saturated rings. The van der Waals surface area contributed by atoms with Crippen molar-refractivity contribution in [3.8, 4) is 5.75 Å². The van der Waals surface area contributed by atoms with E-state index in [0.29, 0.717) is 35.2 Å². The first kappa shape index (κ1) is 25.7. The Morgan fingerprint density at radius 2 is 2.11 bits per heavy atom. The lowest BCUT2D eigenvalue weighted by atomic mass is 9.81. The molecule has 1 aromatic heterocycles. The summed E-state index contributed by atoms with van der Waals surface area (Å²) in [6.45, 7) is 2.17. The lowest BCUT2D eigenvalue weighted by Crippen LogP contribution is -2.44. The van der Waals surface area contributed by atoms with Gasteiger partial charge in [-0.3, -0.25) is 9.78 Å². The van der Waals surface area contributed by atoms with E-state index in [0.717, 1.165) is 25.3 Å². The maximum absolute atomic E-state index is 15.5. The Bertz CT molecular complexity index is 1150. The molecule has 0 aliphatic carbocycles. The van der Waals surface area contributed by atoms with Crippen molar-refractivity contribution in [2.24, 2.45) is 11.8 Å². The monoisotopic (exact) mass is 516 g/mol. The van der Waals surface area contributed by atoms with Crippen molar-refractivity contribution in [2.75, 3.05) is 32.5 Å². The predicted octanol–water partition coefficient (Wildman–Crippen LogP) is 6.50. The van der Waals surface area contributed by atoms with Gasteiger partial charge in [0.1, 0.15) is 11.9 Å². The number of ether oxygens (including phenoxy) is 1. The molecule has 0 saturated carbocycles. The maximum atomic E-state index is 15.5. The normalized spacial score (nSPS) is 19.5. The van der Waals surface area contributed by atoms with Crippen molar-refractivity contribution >= 4 is 40.2 Å². The number of carboxylic acids is 1. The zero-order valence-electron chi connectivity index (χ0n) is 19.7. The summed E-state index contributed by atoms with van der Waals surface area (Å²) in [5.41, 5.74) is 1.05. The zero-order valence-corrected chi connectivity index (χ0v) is 21.3. The second kappa shape index (κ2) is 12.1. The van der Waals surface area contributed by atoms with E-state index in [1.807, 2.05) is 18.2 Å². The number of rotatable bonds is 10. The number of halogens is 2. The second-order valence-electron chi connectivity index (χ2n) is 8.90. The summed E-state index contributed by atoms with van der Waals surface area (Å²) in [7, 11) is 1.56. The van der Waals surface area contributed by atoms with Crippen LogP contribution in [-0.4, -0.2) is 53.5 Å². The van der Waals surface area contributed by atoms with Gasteiger partial charge in [-0.1, -0.05) is 29.8 Å². The van der Waals surface area contributed by atoms with Gasteiger partial charge in [-0.25, -0.2) is 4.39 Å². The average molecular weight is 517 g/mol. The number of nitrogens with zero attached hydrogens (tertiary/aromatic N) is 2. The molecule has 4 rings (SSSR count). The molecule has 0 bridgehead atoms. The van der Waals surface area contributed by atoms with Crippen LogP contribution >= 0.6 is 23.4 Å². The molecule has 8 heteroatoms. The average Bonchev–Trinajstić information content (AvgIpc) is 2.87. The van der Waals surface area contributed by atoms with Gasteiger partial charge in [0.15, 0.2) is 0 Å². The van der Waals surface area contributed by atoms with Crippen LogP contribution in [0.25, 0.3) is 10.9 Å². The highest BCUT2D eigenvalue weighted by atomic mass is 35.5. The number of aliphatic carboxylic acids is 1. The molecule has 3 atom stereocenters. The van der Waals surface area contributed by atoms with Gasteiger partial charge in [0, 0.05) is 40.9 Å². The van der Waals surface area contributed by atoms with Gasteiger partial charge in [-0.2, -0.15) is 0 Å². The third-order valence-electron chi connectivity index (χ3n) is 6.75. The molecule has 0 radical (unpaired) electrons. The third kappa shape index (κ3) is 6.46. The topological polar surface area (TPSA) is 62.7 Å². The van der Waals surface area contributed by atoms with E-state index >= 15 is 4.39 Å². The minimum Gasteiger partial charge on any atom is -0.497 e. The van der Waals surface area contributed by atoms with Crippen LogP contribution in [0.15, 0.2) is 59.6 Å². The number of thioether (sulfide) groups is 1. The number of piperidine rings is 1. The number of hydrogen-bond acceptors (Lipinski definition) is 5. The van der Waals surface area contributed by atoms with Gasteiger partial charge in [0.05, 0.1) is 23.6 Å². The highest BCUT2D eigenvalue weighted by Gasteiger charge is 2.34.